The summed E-state index contributed by atoms with van der Waals surface area (Å²) in [6.07, 6.45) is -0.0211. The van der Waals surface area contributed by atoms with Crippen molar-refractivity contribution in [2.75, 3.05) is 12.0 Å². The Hall–Kier alpha value is -0.100. The lowest BCUT2D eigenvalue weighted by atomic mass is 10.1. The zero-order valence-corrected chi connectivity index (χ0v) is 11.1. The third kappa shape index (κ3) is 4.10. The summed E-state index contributed by atoms with van der Waals surface area (Å²) in [5, 5.41) is 10.0. The van der Waals surface area contributed by atoms with Gasteiger partial charge in [-0.1, -0.05) is 27.5 Å². The van der Waals surface area contributed by atoms with Crippen LogP contribution in [0.3, 0.4) is 0 Å². The van der Waals surface area contributed by atoms with Crippen molar-refractivity contribution in [2.45, 2.75) is 6.10 Å². The minimum atomic E-state index is -3.23. The van der Waals surface area contributed by atoms with Crippen LogP contribution < -0.4 is 0 Å². The summed E-state index contributed by atoms with van der Waals surface area (Å²) >= 11 is 9.07. The van der Waals surface area contributed by atoms with Crippen molar-refractivity contribution in [2.24, 2.45) is 0 Å². The van der Waals surface area contributed by atoms with Crippen molar-refractivity contribution in [1.29, 1.82) is 0 Å². The lowest BCUT2D eigenvalue weighted by molar-refractivity contribution is 0.202. The van der Waals surface area contributed by atoms with Crippen LogP contribution in [0.25, 0.3) is 0 Å². The van der Waals surface area contributed by atoms with E-state index < -0.39 is 15.9 Å². The normalized spacial score (nSPS) is 13.9. The van der Waals surface area contributed by atoms with Crippen LogP contribution in [0.2, 0.25) is 5.02 Å². The van der Waals surface area contributed by atoms with Crippen LogP contribution in [-0.2, 0) is 9.84 Å². The van der Waals surface area contributed by atoms with E-state index in [4.69, 9.17) is 11.6 Å². The third-order valence-electron chi connectivity index (χ3n) is 1.78. The molecule has 0 aliphatic rings. The number of hydrogen-bond acceptors (Lipinski definition) is 3. The highest BCUT2D eigenvalue weighted by Crippen LogP contribution is 2.27. The molecule has 0 bridgehead atoms. The molecule has 0 aliphatic carbocycles. The molecule has 0 heterocycles. The molecule has 0 saturated carbocycles. The average Bonchev–Trinajstić information content (AvgIpc) is 2.06. The van der Waals surface area contributed by atoms with Crippen LogP contribution in [-0.4, -0.2) is 25.5 Å². The minimum absolute atomic E-state index is 0.330. The molecule has 1 aromatic carbocycles. The number of rotatable bonds is 3. The molecule has 1 aromatic rings. The molecular weight excluding hydrogens is 304 g/mol. The predicted molar refractivity (Wildman–Crippen MR) is 63.8 cm³/mol. The van der Waals surface area contributed by atoms with Crippen LogP contribution in [0, 0.1) is 0 Å². The maximum atomic E-state index is 11.0. The predicted octanol–water partition coefficient (Wildman–Crippen LogP) is 2.18. The van der Waals surface area contributed by atoms with Gasteiger partial charge in [0.05, 0.1) is 11.9 Å². The molecule has 1 unspecified atom stereocenters. The summed E-state index contributed by atoms with van der Waals surface area (Å²) in [6.45, 7) is 0. The van der Waals surface area contributed by atoms with Gasteiger partial charge in [-0.3, -0.25) is 0 Å². The molecule has 84 valence electrons. The molecule has 0 amide bonds. The largest absolute Gasteiger partial charge is 0.387 e. The SMILES string of the molecule is CS(=O)(=O)CC(O)c1cc(Br)ccc1Cl. The van der Waals surface area contributed by atoms with Gasteiger partial charge in [0.1, 0.15) is 9.84 Å². The van der Waals surface area contributed by atoms with Crippen molar-refractivity contribution < 1.29 is 13.5 Å². The summed E-state index contributed by atoms with van der Waals surface area (Å²) in [5.41, 5.74) is 0.413. The van der Waals surface area contributed by atoms with Crippen LogP contribution in [0.1, 0.15) is 11.7 Å². The van der Waals surface area contributed by atoms with E-state index >= 15 is 0 Å². The van der Waals surface area contributed by atoms with E-state index in [0.717, 1.165) is 10.7 Å². The fraction of sp³-hybridized carbons (Fsp3) is 0.333. The molecule has 1 atom stereocenters. The fourth-order valence-electron chi connectivity index (χ4n) is 1.15. The van der Waals surface area contributed by atoms with Crippen LogP contribution in [0.4, 0.5) is 0 Å². The Balaban J connectivity index is 3.00. The summed E-state index contributed by atoms with van der Waals surface area (Å²) < 4.78 is 22.7. The number of hydrogen-bond donors (Lipinski definition) is 1. The lowest BCUT2D eigenvalue weighted by Crippen LogP contribution is -2.13. The molecule has 6 heteroatoms. The average molecular weight is 314 g/mol. The van der Waals surface area contributed by atoms with E-state index in [9.17, 15) is 13.5 Å². The number of benzene rings is 1. The van der Waals surface area contributed by atoms with Crippen molar-refractivity contribution in [3.8, 4) is 0 Å². The van der Waals surface area contributed by atoms with E-state index in [1.807, 2.05) is 0 Å². The Bertz CT molecular complexity index is 458. The van der Waals surface area contributed by atoms with Crippen molar-refractivity contribution in [1.82, 2.24) is 0 Å². The maximum Gasteiger partial charge on any atom is 0.150 e. The number of aliphatic hydroxyl groups is 1. The number of halogens is 2. The first-order valence-electron chi connectivity index (χ1n) is 4.10. The standard InChI is InChI=1S/C9H10BrClO3S/c1-15(13,14)5-9(12)7-4-6(10)2-3-8(7)11/h2-4,9,12H,5H2,1H3. The van der Waals surface area contributed by atoms with Crippen LogP contribution in [0.5, 0.6) is 0 Å². The highest BCUT2D eigenvalue weighted by molar-refractivity contribution is 9.10. The molecule has 0 spiro atoms. The fourth-order valence-corrected chi connectivity index (χ4v) is 2.52. The number of sulfone groups is 1. The van der Waals surface area contributed by atoms with Gasteiger partial charge in [0, 0.05) is 21.3 Å². The Labute approximate surface area is 102 Å². The van der Waals surface area contributed by atoms with Crippen molar-refractivity contribution in [3.05, 3.63) is 33.3 Å². The molecule has 0 radical (unpaired) electrons. The van der Waals surface area contributed by atoms with Gasteiger partial charge in [-0.25, -0.2) is 8.42 Å². The zero-order valence-electron chi connectivity index (χ0n) is 7.94. The van der Waals surface area contributed by atoms with Gasteiger partial charge in [0.15, 0.2) is 0 Å². The van der Waals surface area contributed by atoms with Gasteiger partial charge in [0.25, 0.3) is 0 Å². The maximum absolute atomic E-state index is 11.0. The Kier molecular flexibility index (Phi) is 4.17. The van der Waals surface area contributed by atoms with Crippen LogP contribution >= 0.6 is 27.5 Å². The first-order chi connectivity index (χ1) is 6.79. The molecule has 0 fully saturated rings. The van der Waals surface area contributed by atoms with E-state index in [1.165, 1.54) is 0 Å². The first-order valence-corrected chi connectivity index (χ1v) is 7.33. The molecule has 15 heavy (non-hydrogen) atoms. The quantitative estimate of drug-likeness (QED) is 0.930. The van der Waals surface area contributed by atoms with Gasteiger partial charge in [-0.2, -0.15) is 0 Å². The Morgan fingerprint density at radius 1 is 1.53 bits per heavy atom. The molecular formula is C9H10BrClO3S. The molecule has 0 aliphatic heterocycles. The number of aliphatic hydroxyl groups excluding tert-OH is 1. The van der Waals surface area contributed by atoms with E-state index in [0.29, 0.717) is 10.6 Å². The smallest absolute Gasteiger partial charge is 0.150 e. The zero-order chi connectivity index (χ0) is 11.6. The van der Waals surface area contributed by atoms with Gasteiger partial charge >= 0.3 is 0 Å². The second-order valence-corrected chi connectivity index (χ2v) is 6.78. The van der Waals surface area contributed by atoms with Gasteiger partial charge in [0.2, 0.25) is 0 Å². The van der Waals surface area contributed by atoms with E-state index in [2.05, 4.69) is 15.9 Å². The van der Waals surface area contributed by atoms with Gasteiger partial charge < -0.3 is 5.11 Å². The molecule has 1 rings (SSSR count). The van der Waals surface area contributed by atoms with Gasteiger partial charge in [-0.15, -0.1) is 0 Å². The molecule has 0 aromatic heterocycles. The summed E-state index contributed by atoms with van der Waals surface area (Å²) in [4.78, 5) is 0. The Morgan fingerprint density at radius 3 is 2.67 bits per heavy atom. The Morgan fingerprint density at radius 2 is 2.13 bits per heavy atom. The van der Waals surface area contributed by atoms with Crippen molar-refractivity contribution in [3.63, 3.8) is 0 Å². The molecule has 1 N–H and O–H groups in total. The lowest BCUT2D eigenvalue weighted by Gasteiger charge is -2.11. The highest BCUT2D eigenvalue weighted by atomic mass is 79.9. The second-order valence-electron chi connectivity index (χ2n) is 3.27. The first kappa shape index (κ1) is 13.0. The van der Waals surface area contributed by atoms with Crippen molar-refractivity contribution >= 4 is 37.4 Å². The second kappa shape index (κ2) is 4.82. The monoisotopic (exact) mass is 312 g/mol. The summed E-state index contributed by atoms with van der Waals surface area (Å²) in [6, 6.07) is 4.93. The third-order valence-corrected chi connectivity index (χ3v) is 3.54. The summed E-state index contributed by atoms with van der Waals surface area (Å²) in [5.74, 6) is -0.330. The molecule has 3 nitrogen and oxygen atoms in total. The molecule has 0 saturated heterocycles. The van der Waals surface area contributed by atoms with E-state index in [1.54, 1.807) is 18.2 Å². The summed E-state index contributed by atoms with van der Waals surface area (Å²) in [7, 11) is -3.23. The van der Waals surface area contributed by atoms with Gasteiger partial charge in [-0.05, 0) is 18.2 Å². The van der Waals surface area contributed by atoms with E-state index in [-0.39, 0.29) is 5.75 Å². The van der Waals surface area contributed by atoms with Crippen LogP contribution in [0.15, 0.2) is 22.7 Å². The topological polar surface area (TPSA) is 54.4 Å². The highest BCUT2D eigenvalue weighted by Gasteiger charge is 2.17. The minimum Gasteiger partial charge on any atom is -0.387 e.